The Morgan fingerprint density at radius 1 is 1.12 bits per heavy atom. The minimum atomic E-state index is -0.235. The predicted molar refractivity (Wildman–Crippen MR) is 96.8 cm³/mol. The van der Waals surface area contributed by atoms with Crippen LogP contribution in [0, 0.1) is 0 Å². The van der Waals surface area contributed by atoms with Gasteiger partial charge in [0.2, 0.25) is 5.91 Å². The number of amides is 1. The zero-order valence-corrected chi connectivity index (χ0v) is 14.7. The van der Waals surface area contributed by atoms with Gasteiger partial charge in [-0.15, -0.1) is 0 Å². The lowest BCUT2D eigenvalue weighted by molar-refractivity contribution is -0.118. The summed E-state index contributed by atoms with van der Waals surface area (Å²) in [6, 6.07) is 12.6. The summed E-state index contributed by atoms with van der Waals surface area (Å²) in [6.07, 6.45) is 1.52. The van der Waals surface area contributed by atoms with Crippen LogP contribution in [0.1, 0.15) is 12.5 Å². The van der Waals surface area contributed by atoms with Gasteiger partial charge in [0.1, 0.15) is 19.0 Å². The number of hydrogen-bond acceptors (Lipinski definition) is 5. The van der Waals surface area contributed by atoms with Crippen molar-refractivity contribution < 1.29 is 19.0 Å². The lowest BCUT2D eigenvalue weighted by atomic mass is 10.2. The summed E-state index contributed by atoms with van der Waals surface area (Å²) in [5.74, 6) is 1.53. The largest absolute Gasteiger partial charge is 0.493 e. The van der Waals surface area contributed by atoms with Crippen LogP contribution in [-0.2, 0) is 4.79 Å². The number of hydrogen-bond donors (Lipinski definition) is 1. The zero-order chi connectivity index (χ0) is 18.1. The Balaban J connectivity index is 1.90. The van der Waals surface area contributed by atoms with Gasteiger partial charge in [0.25, 0.3) is 0 Å². The van der Waals surface area contributed by atoms with E-state index in [0.29, 0.717) is 35.5 Å². The van der Waals surface area contributed by atoms with E-state index in [4.69, 9.17) is 25.8 Å². The fraction of sp³-hybridized carbons (Fsp3) is 0.222. The Labute approximate surface area is 151 Å². The molecule has 0 aliphatic rings. The smallest absolute Gasteiger partial charge is 0.236 e. The molecule has 0 saturated carbocycles. The van der Waals surface area contributed by atoms with E-state index < -0.39 is 0 Å². The maximum atomic E-state index is 10.8. The number of para-hydroxylation sites is 1. The van der Waals surface area contributed by atoms with Crippen LogP contribution in [0.4, 0.5) is 0 Å². The van der Waals surface area contributed by atoms with Gasteiger partial charge >= 0.3 is 0 Å². The molecule has 0 aromatic heterocycles. The number of rotatable bonds is 8. The van der Waals surface area contributed by atoms with E-state index >= 15 is 0 Å². The molecule has 2 rings (SSSR count). The summed E-state index contributed by atoms with van der Waals surface area (Å²) in [5, 5.41) is 4.37. The lowest BCUT2D eigenvalue weighted by Crippen LogP contribution is -2.12. The highest BCUT2D eigenvalue weighted by atomic mass is 35.5. The van der Waals surface area contributed by atoms with Crippen molar-refractivity contribution in [3.8, 4) is 17.2 Å². The molecule has 132 valence electrons. The highest BCUT2D eigenvalue weighted by molar-refractivity contribution is 6.32. The van der Waals surface area contributed by atoms with Gasteiger partial charge in [-0.1, -0.05) is 23.7 Å². The van der Waals surface area contributed by atoms with E-state index in [1.54, 1.807) is 37.4 Å². The molecule has 0 saturated heterocycles. The quantitative estimate of drug-likeness (QED) is 0.444. The summed E-state index contributed by atoms with van der Waals surface area (Å²) < 4.78 is 16.6. The monoisotopic (exact) mass is 362 g/mol. The van der Waals surface area contributed by atoms with Crippen molar-refractivity contribution in [2.45, 2.75) is 6.92 Å². The van der Waals surface area contributed by atoms with Gasteiger partial charge < -0.3 is 14.2 Å². The van der Waals surface area contributed by atoms with Crippen LogP contribution in [0.5, 0.6) is 17.2 Å². The summed E-state index contributed by atoms with van der Waals surface area (Å²) in [6.45, 7) is 2.07. The number of halogens is 1. The van der Waals surface area contributed by atoms with Crippen molar-refractivity contribution in [3.63, 3.8) is 0 Å². The molecule has 7 heteroatoms. The first-order valence-electron chi connectivity index (χ1n) is 7.58. The van der Waals surface area contributed by atoms with Gasteiger partial charge in [0.05, 0.1) is 18.3 Å². The second kappa shape index (κ2) is 9.54. The summed E-state index contributed by atoms with van der Waals surface area (Å²) in [4.78, 5) is 10.8. The first kappa shape index (κ1) is 18.6. The Hall–Kier alpha value is -2.73. The number of nitrogens with one attached hydrogen (secondary N) is 1. The molecule has 0 aliphatic carbocycles. The van der Waals surface area contributed by atoms with Crippen LogP contribution >= 0.6 is 11.6 Å². The summed E-state index contributed by atoms with van der Waals surface area (Å²) in [5.41, 5.74) is 3.11. The molecule has 0 aliphatic heterocycles. The molecule has 1 N–H and O–H groups in total. The molecular weight excluding hydrogens is 344 g/mol. The van der Waals surface area contributed by atoms with E-state index in [1.807, 2.05) is 12.1 Å². The van der Waals surface area contributed by atoms with Crippen LogP contribution in [0.2, 0.25) is 5.02 Å². The predicted octanol–water partition coefficient (Wildman–Crippen LogP) is 3.28. The summed E-state index contributed by atoms with van der Waals surface area (Å²) >= 11 is 6.02. The maximum Gasteiger partial charge on any atom is 0.236 e. The topological polar surface area (TPSA) is 69.2 Å². The van der Waals surface area contributed by atoms with Gasteiger partial charge in [0.15, 0.2) is 11.5 Å². The second-order valence-electron chi connectivity index (χ2n) is 4.96. The number of carbonyl (C=O) groups excluding carboxylic acids is 1. The molecule has 0 heterocycles. The Bertz CT molecular complexity index is 750. The number of methoxy groups -OCH3 is 1. The van der Waals surface area contributed by atoms with E-state index in [9.17, 15) is 4.79 Å². The third-order valence-electron chi connectivity index (χ3n) is 3.06. The van der Waals surface area contributed by atoms with E-state index in [0.717, 1.165) is 5.56 Å². The third kappa shape index (κ3) is 6.00. The van der Waals surface area contributed by atoms with Crippen LogP contribution < -0.4 is 19.6 Å². The Morgan fingerprint density at radius 3 is 2.52 bits per heavy atom. The standard InChI is InChI=1S/C18H19ClN2O4/c1-13(22)21-20-12-14-7-8-17(18(11-14)23-2)25-10-9-24-16-6-4-3-5-15(16)19/h3-8,11-12H,9-10H2,1-2H3,(H,21,22)/b20-12-. The fourth-order valence-electron chi connectivity index (χ4n) is 1.95. The normalized spacial score (nSPS) is 10.5. The third-order valence-corrected chi connectivity index (χ3v) is 3.37. The molecule has 0 atom stereocenters. The molecule has 6 nitrogen and oxygen atoms in total. The van der Waals surface area contributed by atoms with Gasteiger partial charge in [0, 0.05) is 6.92 Å². The fourth-order valence-corrected chi connectivity index (χ4v) is 2.14. The molecule has 0 fully saturated rings. The van der Waals surface area contributed by atoms with Crippen LogP contribution in [-0.4, -0.2) is 32.4 Å². The van der Waals surface area contributed by atoms with Crippen LogP contribution in [0.3, 0.4) is 0 Å². The first-order valence-corrected chi connectivity index (χ1v) is 7.95. The molecule has 25 heavy (non-hydrogen) atoms. The lowest BCUT2D eigenvalue weighted by Gasteiger charge is -2.12. The van der Waals surface area contributed by atoms with Crippen molar-refractivity contribution in [2.24, 2.45) is 5.10 Å². The Morgan fingerprint density at radius 2 is 1.84 bits per heavy atom. The van der Waals surface area contributed by atoms with Gasteiger partial charge in [-0.3, -0.25) is 4.79 Å². The van der Waals surface area contributed by atoms with Crippen molar-refractivity contribution in [1.29, 1.82) is 0 Å². The minimum absolute atomic E-state index is 0.235. The molecule has 1 amide bonds. The van der Waals surface area contributed by atoms with E-state index in [2.05, 4.69) is 10.5 Å². The average molecular weight is 363 g/mol. The second-order valence-corrected chi connectivity index (χ2v) is 5.37. The number of benzene rings is 2. The van der Waals surface area contributed by atoms with Crippen LogP contribution in [0.15, 0.2) is 47.6 Å². The highest BCUT2D eigenvalue weighted by Gasteiger charge is 2.06. The number of ether oxygens (including phenoxy) is 3. The van der Waals surface area contributed by atoms with E-state index in [1.165, 1.54) is 13.1 Å². The molecule has 2 aromatic carbocycles. The van der Waals surface area contributed by atoms with Crippen LogP contribution in [0.25, 0.3) is 0 Å². The molecule has 0 spiro atoms. The van der Waals surface area contributed by atoms with Crippen molar-refractivity contribution in [3.05, 3.63) is 53.1 Å². The first-order chi connectivity index (χ1) is 12.1. The van der Waals surface area contributed by atoms with Gasteiger partial charge in [-0.2, -0.15) is 5.10 Å². The molecule has 2 aromatic rings. The van der Waals surface area contributed by atoms with Gasteiger partial charge in [-0.25, -0.2) is 5.43 Å². The van der Waals surface area contributed by atoms with E-state index in [-0.39, 0.29) is 5.91 Å². The molecule has 0 bridgehead atoms. The molecule has 0 radical (unpaired) electrons. The average Bonchev–Trinajstić information content (AvgIpc) is 2.60. The van der Waals surface area contributed by atoms with Gasteiger partial charge in [-0.05, 0) is 35.9 Å². The molecular formula is C18H19ClN2O4. The van der Waals surface area contributed by atoms with Crippen molar-refractivity contribution in [2.75, 3.05) is 20.3 Å². The van der Waals surface area contributed by atoms with Crippen molar-refractivity contribution in [1.82, 2.24) is 5.43 Å². The zero-order valence-electron chi connectivity index (χ0n) is 14.0. The number of nitrogens with zero attached hydrogens (tertiary/aromatic N) is 1. The van der Waals surface area contributed by atoms with Crippen molar-refractivity contribution >= 4 is 23.7 Å². The summed E-state index contributed by atoms with van der Waals surface area (Å²) in [7, 11) is 1.55. The number of hydrazone groups is 1. The molecule has 0 unspecified atom stereocenters. The Kier molecular flexibility index (Phi) is 7.10. The SMILES string of the molecule is COc1cc(/C=N\NC(C)=O)ccc1OCCOc1ccccc1Cl. The number of carbonyl (C=O) groups is 1. The minimum Gasteiger partial charge on any atom is -0.493 e. The highest BCUT2D eigenvalue weighted by Crippen LogP contribution is 2.28. The maximum absolute atomic E-state index is 10.8.